The molecule has 0 bridgehead atoms. The van der Waals surface area contributed by atoms with Crippen molar-refractivity contribution >= 4 is 17.3 Å². The predicted molar refractivity (Wildman–Crippen MR) is 77.3 cm³/mol. The molecule has 0 unspecified atom stereocenters. The van der Waals surface area contributed by atoms with Gasteiger partial charge >= 0.3 is 5.97 Å². The molecule has 2 aromatic rings. The summed E-state index contributed by atoms with van der Waals surface area (Å²) in [7, 11) is 0. The summed E-state index contributed by atoms with van der Waals surface area (Å²) in [5.74, 6) is -1.74. The first-order valence-electron chi connectivity index (χ1n) is 6.27. The largest absolute Gasteiger partial charge is 0.478 e. The van der Waals surface area contributed by atoms with Crippen LogP contribution in [0.25, 0.3) is 0 Å². The van der Waals surface area contributed by atoms with Gasteiger partial charge in [-0.1, -0.05) is 23.8 Å². The van der Waals surface area contributed by atoms with Crippen LogP contribution < -0.4 is 5.32 Å². The average molecular weight is 273 g/mol. The maximum Gasteiger partial charge on any atom is 0.337 e. The standard InChI is InChI=1S/C16H16FNO2/c1-9-7-10(2)14(11(3)8-9)18-15-12(16(19)20)5-4-6-13(15)17/h4-8,18H,1-3H3,(H,19,20). The van der Waals surface area contributed by atoms with Crippen LogP contribution in [0, 0.1) is 26.6 Å². The van der Waals surface area contributed by atoms with Gasteiger partial charge in [-0.15, -0.1) is 0 Å². The first-order chi connectivity index (χ1) is 9.40. The minimum atomic E-state index is -1.16. The zero-order chi connectivity index (χ0) is 14.9. The molecule has 0 amide bonds. The summed E-state index contributed by atoms with van der Waals surface area (Å²) >= 11 is 0. The van der Waals surface area contributed by atoms with E-state index in [0.29, 0.717) is 0 Å². The molecule has 0 aliphatic heterocycles. The third kappa shape index (κ3) is 2.64. The van der Waals surface area contributed by atoms with Crippen molar-refractivity contribution in [2.24, 2.45) is 0 Å². The van der Waals surface area contributed by atoms with E-state index in [4.69, 9.17) is 5.11 Å². The van der Waals surface area contributed by atoms with Gasteiger partial charge in [0.2, 0.25) is 0 Å². The Labute approximate surface area is 117 Å². The van der Waals surface area contributed by atoms with E-state index in [0.717, 1.165) is 22.4 Å². The highest BCUT2D eigenvalue weighted by Crippen LogP contribution is 2.29. The van der Waals surface area contributed by atoms with E-state index < -0.39 is 11.8 Å². The van der Waals surface area contributed by atoms with Gasteiger partial charge in [-0.3, -0.25) is 0 Å². The molecular formula is C16H16FNO2. The lowest BCUT2D eigenvalue weighted by Gasteiger charge is -2.16. The number of halogens is 1. The smallest absolute Gasteiger partial charge is 0.337 e. The van der Waals surface area contributed by atoms with Crippen LogP contribution in [0.15, 0.2) is 30.3 Å². The third-order valence-electron chi connectivity index (χ3n) is 3.17. The van der Waals surface area contributed by atoms with E-state index >= 15 is 0 Å². The molecule has 3 nitrogen and oxygen atoms in total. The molecule has 2 aromatic carbocycles. The van der Waals surface area contributed by atoms with Crippen molar-refractivity contribution in [1.29, 1.82) is 0 Å². The van der Waals surface area contributed by atoms with Crippen LogP contribution >= 0.6 is 0 Å². The van der Waals surface area contributed by atoms with Crippen molar-refractivity contribution in [3.63, 3.8) is 0 Å². The second-order valence-electron chi connectivity index (χ2n) is 4.87. The molecule has 0 aliphatic rings. The molecule has 2 rings (SSSR count). The fourth-order valence-corrected chi connectivity index (χ4v) is 2.33. The molecule has 0 aromatic heterocycles. The highest BCUT2D eigenvalue weighted by molar-refractivity contribution is 5.95. The van der Waals surface area contributed by atoms with Gasteiger partial charge in [0.15, 0.2) is 0 Å². The molecule has 0 atom stereocenters. The molecule has 0 saturated heterocycles. The maximum absolute atomic E-state index is 13.9. The number of para-hydroxylation sites is 1. The summed E-state index contributed by atoms with van der Waals surface area (Å²) in [5, 5.41) is 12.1. The Bertz CT molecular complexity index is 657. The van der Waals surface area contributed by atoms with Crippen molar-refractivity contribution in [3.8, 4) is 0 Å². The Balaban J connectivity index is 2.53. The number of carbonyl (C=O) groups is 1. The Hall–Kier alpha value is -2.36. The van der Waals surface area contributed by atoms with Crippen molar-refractivity contribution in [2.75, 3.05) is 5.32 Å². The highest BCUT2D eigenvalue weighted by atomic mass is 19.1. The zero-order valence-corrected chi connectivity index (χ0v) is 11.6. The molecule has 104 valence electrons. The van der Waals surface area contributed by atoms with Crippen molar-refractivity contribution < 1.29 is 14.3 Å². The van der Waals surface area contributed by atoms with Gasteiger partial charge in [0.1, 0.15) is 5.82 Å². The van der Waals surface area contributed by atoms with Crippen LogP contribution in [0.4, 0.5) is 15.8 Å². The number of hydrogen-bond acceptors (Lipinski definition) is 2. The molecule has 0 spiro atoms. The number of benzene rings is 2. The average Bonchev–Trinajstić information content (AvgIpc) is 2.34. The molecule has 0 heterocycles. The number of carboxylic acid groups (broad SMARTS) is 1. The first-order valence-corrected chi connectivity index (χ1v) is 6.27. The summed E-state index contributed by atoms with van der Waals surface area (Å²) in [6, 6.07) is 7.95. The Morgan fingerprint density at radius 3 is 2.25 bits per heavy atom. The number of anilines is 2. The van der Waals surface area contributed by atoms with Crippen LogP contribution in [0.2, 0.25) is 0 Å². The Morgan fingerprint density at radius 1 is 1.10 bits per heavy atom. The summed E-state index contributed by atoms with van der Waals surface area (Å²) in [6.07, 6.45) is 0. The van der Waals surface area contributed by atoms with Gasteiger partial charge < -0.3 is 10.4 Å². The second-order valence-corrected chi connectivity index (χ2v) is 4.87. The van der Waals surface area contributed by atoms with Crippen molar-refractivity contribution in [2.45, 2.75) is 20.8 Å². The minimum Gasteiger partial charge on any atom is -0.478 e. The lowest BCUT2D eigenvalue weighted by atomic mass is 10.0. The first kappa shape index (κ1) is 14.1. The van der Waals surface area contributed by atoms with Crippen LogP contribution in [0.1, 0.15) is 27.0 Å². The molecule has 2 N–H and O–H groups in total. The number of hydrogen-bond donors (Lipinski definition) is 2. The van der Waals surface area contributed by atoms with E-state index in [1.165, 1.54) is 18.2 Å². The Kier molecular flexibility index (Phi) is 3.74. The van der Waals surface area contributed by atoms with Gasteiger partial charge in [0, 0.05) is 5.69 Å². The second kappa shape index (κ2) is 5.33. The molecule has 0 aliphatic carbocycles. The third-order valence-corrected chi connectivity index (χ3v) is 3.17. The molecule has 20 heavy (non-hydrogen) atoms. The van der Waals surface area contributed by atoms with Crippen molar-refractivity contribution in [3.05, 3.63) is 58.4 Å². The van der Waals surface area contributed by atoms with E-state index in [1.54, 1.807) is 0 Å². The molecule has 0 radical (unpaired) electrons. The normalized spacial score (nSPS) is 10.4. The van der Waals surface area contributed by atoms with Gasteiger partial charge in [-0.05, 0) is 44.0 Å². The van der Waals surface area contributed by atoms with Gasteiger partial charge in [-0.2, -0.15) is 0 Å². The fraction of sp³-hybridized carbons (Fsp3) is 0.188. The predicted octanol–water partition coefficient (Wildman–Crippen LogP) is 4.19. The number of carboxylic acids is 1. The van der Waals surface area contributed by atoms with Gasteiger partial charge in [0.25, 0.3) is 0 Å². The summed E-state index contributed by atoms with van der Waals surface area (Å²) in [5.41, 5.74) is 3.66. The highest BCUT2D eigenvalue weighted by Gasteiger charge is 2.16. The number of aryl methyl sites for hydroxylation is 3. The number of rotatable bonds is 3. The summed E-state index contributed by atoms with van der Waals surface area (Å²) in [4.78, 5) is 11.2. The summed E-state index contributed by atoms with van der Waals surface area (Å²) in [6.45, 7) is 5.79. The number of nitrogens with one attached hydrogen (secondary N) is 1. The Morgan fingerprint density at radius 2 is 1.70 bits per heavy atom. The van der Waals surface area contributed by atoms with Crippen LogP contribution in [-0.4, -0.2) is 11.1 Å². The lowest BCUT2D eigenvalue weighted by Crippen LogP contribution is -2.06. The van der Waals surface area contributed by atoms with Gasteiger partial charge in [0.05, 0.1) is 11.3 Å². The number of aromatic carboxylic acids is 1. The monoisotopic (exact) mass is 273 g/mol. The quantitative estimate of drug-likeness (QED) is 0.881. The van der Waals surface area contributed by atoms with E-state index in [-0.39, 0.29) is 11.3 Å². The van der Waals surface area contributed by atoms with E-state index in [9.17, 15) is 9.18 Å². The minimum absolute atomic E-state index is 0.00458. The fourth-order valence-electron chi connectivity index (χ4n) is 2.33. The maximum atomic E-state index is 13.9. The SMILES string of the molecule is Cc1cc(C)c(Nc2c(F)cccc2C(=O)O)c(C)c1. The van der Waals surface area contributed by atoms with E-state index in [2.05, 4.69) is 5.32 Å². The molecule has 0 saturated carbocycles. The van der Waals surface area contributed by atoms with Gasteiger partial charge in [-0.25, -0.2) is 9.18 Å². The zero-order valence-electron chi connectivity index (χ0n) is 11.6. The molecular weight excluding hydrogens is 257 g/mol. The van der Waals surface area contributed by atoms with Crippen LogP contribution in [0.5, 0.6) is 0 Å². The topological polar surface area (TPSA) is 49.3 Å². The molecule has 0 fully saturated rings. The molecule has 4 heteroatoms. The summed E-state index contributed by atoms with van der Waals surface area (Å²) < 4.78 is 13.9. The van der Waals surface area contributed by atoms with Crippen molar-refractivity contribution in [1.82, 2.24) is 0 Å². The van der Waals surface area contributed by atoms with Crippen LogP contribution in [-0.2, 0) is 0 Å². The lowest BCUT2D eigenvalue weighted by molar-refractivity contribution is 0.0697. The van der Waals surface area contributed by atoms with Crippen LogP contribution in [0.3, 0.4) is 0 Å². The van der Waals surface area contributed by atoms with E-state index in [1.807, 2.05) is 32.9 Å².